The van der Waals surface area contributed by atoms with E-state index in [1.54, 1.807) is 42.3 Å². The standard InChI is InChI=1S/C20H21NO5/c1-26-16-3-2-10-21(12-16)19(23)14-6-4-13(5-7-14)15-8-9-18(22)17(11-15)20(24)25/h4-9,11,16,22H,2-3,10,12H2,1H3,(H,24,25). The maximum Gasteiger partial charge on any atom is 0.339 e. The number of phenols is 1. The van der Waals surface area contributed by atoms with Crippen molar-refractivity contribution in [3.05, 3.63) is 53.6 Å². The van der Waals surface area contributed by atoms with Crippen molar-refractivity contribution in [1.82, 2.24) is 4.90 Å². The fourth-order valence-corrected chi connectivity index (χ4v) is 3.19. The van der Waals surface area contributed by atoms with Crippen LogP contribution in [0.2, 0.25) is 0 Å². The van der Waals surface area contributed by atoms with Crippen LogP contribution in [0.3, 0.4) is 0 Å². The molecule has 1 amide bonds. The summed E-state index contributed by atoms with van der Waals surface area (Å²) in [7, 11) is 1.66. The summed E-state index contributed by atoms with van der Waals surface area (Å²) in [6.07, 6.45) is 1.97. The van der Waals surface area contributed by atoms with Gasteiger partial charge in [0.1, 0.15) is 11.3 Å². The van der Waals surface area contributed by atoms with Crippen LogP contribution in [-0.2, 0) is 4.74 Å². The second-order valence-corrected chi connectivity index (χ2v) is 6.37. The second-order valence-electron chi connectivity index (χ2n) is 6.37. The molecule has 0 spiro atoms. The number of carbonyl (C=O) groups is 2. The number of aromatic hydroxyl groups is 1. The summed E-state index contributed by atoms with van der Waals surface area (Å²) in [6.45, 7) is 1.32. The lowest BCUT2D eigenvalue weighted by atomic mass is 10.0. The molecule has 1 aliphatic heterocycles. The van der Waals surface area contributed by atoms with E-state index in [1.165, 1.54) is 12.1 Å². The normalized spacial score (nSPS) is 17.1. The van der Waals surface area contributed by atoms with Crippen molar-refractivity contribution < 1.29 is 24.5 Å². The molecule has 2 aromatic rings. The van der Waals surface area contributed by atoms with Gasteiger partial charge in [0.25, 0.3) is 5.91 Å². The van der Waals surface area contributed by atoms with E-state index in [-0.39, 0.29) is 23.3 Å². The van der Waals surface area contributed by atoms with Gasteiger partial charge in [-0.05, 0) is 48.2 Å². The van der Waals surface area contributed by atoms with Gasteiger partial charge >= 0.3 is 5.97 Å². The average molecular weight is 355 g/mol. The zero-order chi connectivity index (χ0) is 18.7. The molecule has 0 radical (unpaired) electrons. The number of hydrogen-bond donors (Lipinski definition) is 2. The predicted octanol–water partition coefficient (Wildman–Crippen LogP) is 3.01. The molecule has 0 saturated carbocycles. The number of hydrogen-bond acceptors (Lipinski definition) is 4. The Hall–Kier alpha value is -2.86. The molecule has 1 heterocycles. The molecule has 1 aliphatic rings. The van der Waals surface area contributed by atoms with Crippen LogP contribution >= 0.6 is 0 Å². The molecule has 6 heteroatoms. The van der Waals surface area contributed by atoms with Gasteiger partial charge in [0, 0.05) is 25.8 Å². The monoisotopic (exact) mass is 355 g/mol. The molecule has 0 bridgehead atoms. The molecule has 0 aliphatic carbocycles. The first kappa shape index (κ1) is 17.9. The summed E-state index contributed by atoms with van der Waals surface area (Å²) in [6, 6.07) is 11.5. The predicted molar refractivity (Wildman–Crippen MR) is 96.4 cm³/mol. The number of benzene rings is 2. The lowest BCUT2D eigenvalue weighted by molar-refractivity contribution is 0.0269. The number of amides is 1. The summed E-state index contributed by atoms with van der Waals surface area (Å²) in [5.74, 6) is -1.49. The van der Waals surface area contributed by atoms with E-state index >= 15 is 0 Å². The lowest BCUT2D eigenvalue weighted by Crippen LogP contribution is -2.42. The van der Waals surface area contributed by atoms with Crippen molar-refractivity contribution >= 4 is 11.9 Å². The molecule has 3 rings (SSSR count). The number of ether oxygens (including phenoxy) is 1. The van der Waals surface area contributed by atoms with E-state index < -0.39 is 5.97 Å². The quantitative estimate of drug-likeness (QED) is 0.880. The van der Waals surface area contributed by atoms with E-state index in [4.69, 9.17) is 9.84 Å². The van der Waals surface area contributed by atoms with Gasteiger partial charge in [-0.15, -0.1) is 0 Å². The Kier molecular flexibility index (Phi) is 5.23. The fraction of sp³-hybridized carbons (Fsp3) is 0.300. The second kappa shape index (κ2) is 7.58. The summed E-state index contributed by atoms with van der Waals surface area (Å²) in [4.78, 5) is 25.6. The molecule has 6 nitrogen and oxygen atoms in total. The molecule has 1 atom stereocenters. The Labute approximate surface area is 151 Å². The maximum absolute atomic E-state index is 12.7. The van der Waals surface area contributed by atoms with Gasteiger partial charge in [0.15, 0.2) is 0 Å². The molecule has 1 fully saturated rings. The van der Waals surface area contributed by atoms with Gasteiger partial charge in [-0.2, -0.15) is 0 Å². The van der Waals surface area contributed by atoms with Crippen molar-refractivity contribution in [1.29, 1.82) is 0 Å². The smallest absolute Gasteiger partial charge is 0.339 e. The Morgan fingerprint density at radius 2 is 1.81 bits per heavy atom. The first-order valence-electron chi connectivity index (χ1n) is 8.48. The molecule has 26 heavy (non-hydrogen) atoms. The number of likely N-dealkylation sites (tertiary alicyclic amines) is 1. The third-order valence-electron chi connectivity index (χ3n) is 4.69. The van der Waals surface area contributed by atoms with Gasteiger partial charge in [-0.3, -0.25) is 4.79 Å². The number of aromatic carboxylic acids is 1. The molecule has 2 N–H and O–H groups in total. The van der Waals surface area contributed by atoms with Crippen LogP contribution in [0.5, 0.6) is 5.75 Å². The third kappa shape index (κ3) is 3.70. The number of carbonyl (C=O) groups excluding carboxylic acids is 1. The van der Waals surface area contributed by atoms with Crippen LogP contribution in [0, 0.1) is 0 Å². The number of carboxylic acids is 1. The summed E-state index contributed by atoms with van der Waals surface area (Å²) >= 11 is 0. The third-order valence-corrected chi connectivity index (χ3v) is 4.69. The first-order chi connectivity index (χ1) is 12.5. The van der Waals surface area contributed by atoms with Crippen molar-refractivity contribution in [3.63, 3.8) is 0 Å². The van der Waals surface area contributed by atoms with Crippen LogP contribution in [0.4, 0.5) is 0 Å². The van der Waals surface area contributed by atoms with E-state index in [0.717, 1.165) is 24.9 Å². The SMILES string of the molecule is COC1CCCN(C(=O)c2ccc(-c3ccc(O)c(C(=O)O)c3)cc2)C1. The van der Waals surface area contributed by atoms with Crippen LogP contribution in [0.15, 0.2) is 42.5 Å². The molecular weight excluding hydrogens is 334 g/mol. The van der Waals surface area contributed by atoms with Crippen molar-refractivity contribution in [2.75, 3.05) is 20.2 Å². The molecular formula is C20H21NO5. The number of rotatable bonds is 4. The minimum Gasteiger partial charge on any atom is -0.507 e. The Bertz CT molecular complexity index is 815. The van der Waals surface area contributed by atoms with Crippen LogP contribution < -0.4 is 0 Å². The highest BCUT2D eigenvalue weighted by Gasteiger charge is 2.24. The minimum atomic E-state index is -1.19. The molecule has 1 saturated heterocycles. The van der Waals surface area contributed by atoms with Crippen LogP contribution in [-0.4, -0.2) is 53.3 Å². The lowest BCUT2D eigenvalue weighted by Gasteiger charge is -2.32. The molecule has 0 aromatic heterocycles. The highest BCUT2D eigenvalue weighted by molar-refractivity contribution is 5.95. The first-order valence-corrected chi connectivity index (χ1v) is 8.48. The van der Waals surface area contributed by atoms with E-state index in [2.05, 4.69) is 0 Å². The number of piperidine rings is 1. The molecule has 1 unspecified atom stereocenters. The Balaban J connectivity index is 1.79. The zero-order valence-electron chi connectivity index (χ0n) is 14.5. The maximum atomic E-state index is 12.7. The fourth-order valence-electron chi connectivity index (χ4n) is 3.19. The van der Waals surface area contributed by atoms with Gasteiger partial charge in [0.2, 0.25) is 0 Å². The minimum absolute atomic E-state index is 0.0322. The molecule has 2 aromatic carbocycles. The zero-order valence-corrected chi connectivity index (χ0v) is 14.5. The number of methoxy groups -OCH3 is 1. The van der Waals surface area contributed by atoms with E-state index in [0.29, 0.717) is 17.7 Å². The summed E-state index contributed by atoms with van der Waals surface area (Å²) < 4.78 is 5.36. The topological polar surface area (TPSA) is 87.1 Å². The average Bonchev–Trinajstić information content (AvgIpc) is 2.67. The molecule has 136 valence electrons. The summed E-state index contributed by atoms with van der Waals surface area (Å²) in [5.41, 5.74) is 1.87. The van der Waals surface area contributed by atoms with Gasteiger partial charge < -0.3 is 19.8 Å². The van der Waals surface area contributed by atoms with Gasteiger partial charge in [0.05, 0.1) is 6.10 Å². The van der Waals surface area contributed by atoms with Crippen molar-refractivity contribution in [2.45, 2.75) is 18.9 Å². The van der Waals surface area contributed by atoms with Gasteiger partial charge in [-0.25, -0.2) is 4.79 Å². The summed E-state index contributed by atoms with van der Waals surface area (Å²) in [5, 5.41) is 18.7. The van der Waals surface area contributed by atoms with E-state index in [1.807, 2.05) is 0 Å². The highest BCUT2D eigenvalue weighted by atomic mass is 16.5. The Morgan fingerprint density at radius 1 is 1.12 bits per heavy atom. The van der Waals surface area contributed by atoms with Crippen LogP contribution in [0.25, 0.3) is 11.1 Å². The Morgan fingerprint density at radius 3 is 2.46 bits per heavy atom. The number of nitrogens with zero attached hydrogens (tertiary/aromatic N) is 1. The van der Waals surface area contributed by atoms with E-state index in [9.17, 15) is 14.7 Å². The highest BCUT2D eigenvalue weighted by Crippen LogP contribution is 2.26. The van der Waals surface area contributed by atoms with Crippen molar-refractivity contribution in [2.24, 2.45) is 0 Å². The van der Waals surface area contributed by atoms with Gasteiger partial charge in [-0.1, -0.05) is 18.2 Å². The van der Waals surface area contributed by atoms with Crippen molar-refractivity contribution in [3.8, 4) is 16.9 Å². The van der Waals surface area contributed by atoms with Crippen LogP contribution in [0.1, 0.15) is 33.6 Å². The number of carboxylic acid groups (broad SMARTS) is 1. The largest absolute Gasteiger partial charge is 0.507 e.